The first-order valence-electron chi connectivity index (χ1n) is 4.97. The van der Waals surface area contributed by atoms with E-state index < -0.39 is 0 Å². The summed E-state index contributed by atoms with van der Waals surface area (Å²) in [4.78, 5) is 11.4. The molecule has 0 aliphatic heterocycles. The average Bonchev–Trinajstić information content (AvgIpc) is 2.19. The molecule has 0 atom stereocenters. The molecular formula is C12H14Cl2O. The molecule has 0 aliphatic carbocycles. The standard InChI is InChI=1S/C12H14Cl2O/c1-8(2)12(15)6-4-9-3-5-10(13)11(14)7-9/h3,5,7-8H,4,6H2,1-2H3. The minimum absolute atomic E-state index is 0.104. The van der Waals surface area contributed by atoms with Crippen molar-refractivity contribution in [1.82, 2.24) is 0 Å². The van der Waals surface area contributed by atoms with Crippen molar-refractivity contribution in [2.45, 2.75) is 26.7 Å². The summed E-state index contributed by atoms with van der Waals surface area (Å²) in [5.41, 5.74) is 1.05. The monoisotopic (exact) mass is 244 g/mol. The van der Waals surface area contributed by atoms with Gasteiger partial charge in [-0.1, -0.05) is 43.1 Å². The van der Waals surface area contributed by atoms with Crippen molar-refractivity contribution >= 4 is 29.0 Å². The molecule has 0 spiro atoms. The average molecular weight is 245 g/mol. The summed E-state index contributed by atoms with van der Waals surface area (Å²) >= 11 is 11.7. The molecule has 1 aromatic carbocycles. The fourth-order valence-corrected chi connectivity index (χ4v) is 1.57. The SMILES string of the molecule is CC(C)C(=O)CCc1ccc(Cl)c(Cl)c1. The first kappa shape index (κ1) is 12.5. The topological polar surface area (TPSA) is 17.1 Å². The molecule has 1 rings (SSSR count). The molecule has 1 aromatic rings. The van der Waals surface area contributed by atoms with Crippen LogP contribution in [0, 0.1) is 5.92 Å². The third-order valence-corrected chi connectivity index (χ3v) is 3.03. The Kier molecular flexibility index (Phi) is 4.62. The lowest BCUT2D eigenvalue weighted by molar-refractivity contribution is -0.121. The van der Waals surface area contributed by atoms with Gasteiger partial charge in [-0.15, -0.1) is 0 Å². The van der Waals surface area contributed by atoms with Crippen molar-refractivity contribution in [3.63, 3.8) is 0 Å². The number of rotatable bonds is 4. The van der Waals surface area contributed by atoms with E-state index in [-0.39, 0.29) is 11.7 Å². The minimum Gasteiger partial charge on any atom is -0.299 e. The lowest BCUT2D eigenvalue weighted by atomic mass is 10.0. The van der Waals surface area contributed by atoms with Crippen LogP contribution in [0.2, 0.25) is 10.0 Å². The van der Waals surface area contributed by atoms with Gasteiger partial charge in [-0.25, -0.2) is 0 Å². The molecular weight excluding hydrogens is 231 g/mol. The molecule has 0 unspecified atom stereocenters. The van der Waals surface area contributed by atoms with E-state index in [1.165, 1.54) is 0 Å². The zero-order valence-corrected chi connectivity index (χ0v) is 10.4. The van der Waals surface area contributed by atoms with Crippen LogP contribution in [0.5, 0.6) is 0 Å². The highest BCUT2D eigenvalue weighted by molar-refractivity contribution is 6.42. The number of carbonyl (C=O) groups is 1. The highest BCUT2D eigenvalue weighted by Crippen LogP contribution is 2.23. The normalized spacial score (nSPS) is 10.7. The second-order valence-electron chi connectivity index (χ2n) is 3.87. The Labute approximate surface area is 100 Å². The van der Waals surface area contributed by atoms with Gasteiger partial charge in [0.15, 0.2) is 0 Å². The molecule has 0 radical (unpaired) electrons. The number of halogens is 2. The molecule has 0 amide bonds. The van der Waals surface area contributed by atoms with Gasteiger partial charge in [0, 0.05) is 12.3 Å². The Balaban J connectivity index is 2.58. The van der Waals surface area contributed by atoms with Crippen LogP contribution >= 0.6 is 23.2 Å². The van der Waals surface area contributed by atoms with Gasteiger partial charge in [-0.05, 0) is 24.1 Å². The molecule has 0 heterocycles. The molecule has 0 saturated heterocycles. The van der Waals surface area contributed by atoms with Crippen LogP contribution in [-0.2, 0) is 11.2 Å². The lowest BCUT2D eigenvalue weighted by Crippen LogP contribution is -2.07. The second-order valence-corrected chi connectivity index (χ2v) is 4.68. The van der Waals surface area contributed by atoms with E-state index in [4.69, 9.17) is 23.2 Å². The van der Waals surface area contributed by atoms with Crippen LogP contribution in [0.1, 0.15) is 25.8 Å². The van der Waals surface area contributed by atoms with Gasteiger partial charge in [0.05, 0.1) is 10.0 Å². The molecule has 0 fully saturated rings. The Morgan fingerprint density at radius 2 is 1.93 bits per heavy atom. The Bertz CT molecular complexity index is 359. The second kappa shape index (κ2) is 5.53. The van der Waals surface area contributed by atoms with Crippen LogP contribution in [0.4, 0.5) is 0 Å². The van der Waals surface area contributed by atoms with E-state index in [2.05, 4.69) is 0 Å². The van der Waals surface area contributed by atoms with E-state index in [9.17, 15) is 4.79 Å². The molecule has 82 valence electrons. The fraction of sp³-hybridized carbons (Fsp3) is 0.417. The van der Waals surface area contributed by atoms with Crippen molar-refractivity contribution in [3.05, 3.63) is 33.8 Å². The van der Waals surface area contributed by atoms with Crippen LogP contribution in [0.3, 0.4) is 0 Å². The first-order valence-corrected chi connectivity index (χ1v) is 5.73. The van der Waals surface area contributed by atoms with Crippen LogP contribution in [0.25, 0.3) is 0 Å². The van der Waals surface area contributed by atoms with Gasteiger partial charge in [0.1, 0.15) is 5.78 Å². The molecule has 0 N–H and O–H groups in total. The van der Waals surface area contributed by atoms with Gasteiger partial charge in [0.2, 0.25) is 0 Å². The zero-order chi connectivity index (χ0) is 11.4. The summed E-state index contributed by atoms with van der Waals surface area (Å²) in [5.74, 6) is 0.383. The van der Waals surface area contributed by atoms with Crippen molar-refractivity contribution in [1.29, 1.82) is 0 Å². The number of hydrogen-bond acceptors (Lipinski definition) is 1. The summed E-state index contributed by atoms with van der Waals surface area (Å²) in [7, 11) is 0. The predicted molar refractivity (Wildman–Crippen MR) is 64.6 cm³/mol. The largest absolute Gasteiger partial charge is 0.299 e. The van der Waals surface area contributed by atoms with Crippen molar-refractivity contribution in [3.8, 4) is 0 Å². The highest BCUT2D eigenvalue weighted by atomic mass is 35.5. The summed E-state index contributed by atoms with van der Waals surface area (Å²) in [5, 5.41) is 1.10. The first-order chi connectivity index (χ1) is 7.00. The zero-order valence-electron chi connectivity index (χ0n) is 8.89. The van der Waals surface area contributed by atoms with E-state index in [0.717, 1.165) is 12.0 Å². The summed E-state index contributed by atoms with van der Waals surface area (Å²) < 4.78 is 0. The third-order valence-electron chi connectivity index (χ3n) is 2.29. The van der Waals surface area contributed by atoms with Gasteiger partial charge in [0.25, 0.3) is 0 Å². The lowest BCUT2D eigenvalue weighted by Gasteiger charge is -2.05. The van der Waals surface area contributed by atoms with Crippen LogP contribution < -0.4 is 0 Å². The molecule has 15 heavy (non-hydrogen) atoms. The fourth-order valence-electron chi connectivity index (χ4n) is 1.25. The highest BCUT2D eigenvalue weighted by Gasteiger charge is 2.07. The number of benzene rings is 1. The molecule has 3 heteroatoms. The van der Waals surface area contributed by atoms with Gasteiger partial charge >= 0.3 is 0 Å². The van der Waals surface area contributed by atoms with E-state index in [0.29, 0.717) is 16.5 Å². The van der Waals surface area contributed by atoms with Gasteiger partial charge < -0.3 is 0 Å². The van der Waals surface area contributed by atoms with Crippen molar-refractivity contribution < 1.29 is 4.79 Å². The molecule has 0 aliphatic rings. The predicted octanol–water partition coefficient (Wildman–Crippen LogP) is 4.15. The Hall–Kier alpha value is -0.530. The molecule has 1 nitrogen and oxygen atoms in total. The number of aryl methyl sites for hydroxylation is 1. The maximum atomic E-state index is 11.4. The van der Waals surface area contributed by atoms with E-state index in [1.807, 2.05) is 26.0 Å². The minimum atomic E-state index is 0.104. The van der Waals surface area contributed by atoms with Crippen molar-refractivity contribution in [2.75, 3.05) is 0 Å². The molecule has 0 aromatic heterocycles. The quantitative estimate of drug-likeness (QED) is 0.778. The van der Waals surface area contributed by atoms with Crippen LogP contribution in [0.15, 0.2) is 18.2 Å². The summed E-state index contributed by atoms with van der Waals surface area (Å²) in [6, 6.07) is 5.48. The number of hydrogen-bond donors (Lipinski definition) is 0. The molecule has 0 bridgehead atoms. The van der Waals surface area contributed by atoms with Gasteiger partial charge in [-0.3, -0.25) is 4.79 Å². The Morgan fingerprint density at radius 3 is 2.47 bits per heavy atom. The summed E-state index contributed by atoms with van der Waals surface area (Å²) in [6.45, 7) is 3.83. The smallest absolute Gasteiger partial charge is 0.135 e. The van der Waals surface area contributed by atoms with E-state index >= 15 is 0 Å². The maximum Gasteiger partial charge on any atom is 0.135 e. The molecule has 0 saturated carbocycles. The van der Waals surface area contributed by atoms with Crippen LogP contribution in [-0.4, -0.2) is 5.78 Å². The van der Waals surface area contributed by atoms with E-state index in [1.54, 1.807) is 6.07 Å². The number of Topliss-reactive ketones (excluding diaryl/α,β-unsaturated/α-hetero) is 1. The summed E-state index contributed by atoms with van der Waals surface area (Å²) in [6.07, 6.45) is 1.30. The van der Waals surface area contributed by atoms with Gasteiger partial charge in [-0.2, -0.15) is 0 Å². The number of ketones is 1. The maximum absolute atomic E-state index is 11.4. The Morgan fingerprint density at radius 1 is 1.27 bits per heavy atom. The third kappa shape index (κ3) is 3.84. The van der Waals surface area contributed by atoms with Crippen molar-refractivity contribution in [2.24, 2.45) is 5.92 Å². The number of carbonyl (C=O) groups excluding carboxylic acids is 1.